The van der Waals surface area contributed by atoms with E-state index < -0.39 is 4.92 Å². The Morgan fingerprint density at radius 2 is 1.85 bits per heavy atom. The molecule has 2 N–H and O–H groups in total. The van der Waals surface area contributed by atoms with Gasteiger partial charge in [-0.05, 0) is 63.2 Å². The molecule has 1 aliphatic rings. The molecule has 1 fully saturated rings. The summed E-state index contributed by atoms with van der Waals surface area (Å²) in [7, 11) is 0. The number of rotatable bonds is 9. The van der Waals surface area contributed by atoms with Crippen LogP contribution < -0.4 is 15.4 Å². The third-order valence-corrected chi connectivity index (χ3v) is 5.28. The third-order valence-electron chi connectivity index (χ3n) is 5.28. The molecule has 1 aliphatic heterocycles. The second-order valence-electron chi connectivity index (χ2n) is 7.70. The Morgan fingerprint density at radius 3 is 2.58 bits per heavy atom. The highest BCUT2D eigenvalue weighted by atomic mass is 35.5. The van der Waals surface area contributed by atoms with E-state index in [9.17, 15) is 10.1 Å². The summed E-state index contributed by atoms with van der Waals surface area (Å²) in [5.41, 5.74) is 2.26. The normalized spacial score (nSPS) is 13.2. The van der Waals surface area contributed by atoms with E-state index in [1.165, 1.54) is 38.1 Å². The van der Waals surface area contributed by atoms with Crippen LogP contribution in [0.1, 0.15) is 18.4 Å². The average molecular weight is 471 g/mol. The zero-order chi connectivity index (χ0) is 22.3. The molecule has 0 amide bonds. The Bertz CT molecular complexity index is 1070. The number of non-ortho nitro benzene ring substituents is 1. The maximum absolute atomic E-state index is 11.0. The van der Waals surface area contributed by atoms with E-state index in [0.29, 0.717) is 24.1 Å². The molecule has 0 unspecified atom stereocenters. The number of nitrogens with one attached hydrogen (secondary N) is 2. The van der Waals surface area contributed by atoms with Crippen molar-refractivity contribution >= 4 is 41.2 Å². The molecule has 0 radical (unpaired) electrons. The third kappa shape index (κ3) is 6.77. The fourth-order valence-electron chi connectivity index (χ4n) is 3.53. The van der Waals surface area contributed by atoms with Crippen LogP contribution in [0.4, 0.5) is 28.8 Å². The SMILES string of the molecule is Cc1cnc(Nc2ccc(OCCN3CCCC3)cc2)nc1Nc1cccc([N+](=O)[O-])c1.Cl. The highest BCUT2D eigenvalue weighted by Crippen LogP contribution is 2.24. The molecule has 1 saturated heterocycles. The number of aryl methyl sites for hydroxylation is 1. The lowest BCUT2D eigenvalue weighted by Gasteiger charge is -2.15. The smallest absolute Gasteiger partial charge is 0.271 e. The Morgan fingerprint density at radius 1 is 1.09 bits per heavy atom. The predicted octanol–water partition coefficient (Wildman–Crippen LogP) is 5.08. The van der Waals surface area contributed by atoms with Crippen molar-refractivity contribution in [2.75, 3.05) is 36.9 Å². The highest BCUT2D eigenvalue weighted by Gasteiger charge is 2.11. The average Bonchev–Trinajstić information content (AvgIpc) is 3.31. The predicted molar refractivity (Wildman–Crippen MR) is 131 cm³/mol. The number of halogens is 1. The Hall–Kier alpha value is -3.43. The Labute approximate surface area is 198 Å². The van der Waals surface area contributed by atoms with Crippen molar-refractivity contribution in [3.8, 4) is 5.75 Å². The van der Waals surface area contributed by atoms with Gasteiger partial charge in [0.2, 0.25) is 5.95 Å². The second-order valence-corrected chi connectivity index (χ2v) is 7.70. The largest absolute Gasteiger partial charge is 0.492 e. The first kappa shape index (κ1) is 24.2. The van der Waals surface area contributed by atoms with E-state index in [1.807, 2.05) is 31.2 Å². The molecular weight excluding hydrogens is 444 g/mol. The summed E-state index contributed by atoms with van der Waals surface area (Å²) in [6, 6.07) is 14.0. The molecule has 0 atom stereocenters. The van der Waals surface area contributed by atoms with Crippen LogP contribution in [0.5, 0.6) is 5.75 Å². The topological polar surface area (TPSA) is 105 Å². The van der Waals surface area contributed by atoms with E-state index in [4.69, 9.17) is 4.74 Å². The Balaban J connectivity index is 0.00000306. The molecule has 33 heavy (non-hydrogen) atoms. The summed E-state index contributed by atoms with van der Waals surface area (Å²) in [6.07, 6.45) is 4.26. The number of nitro groups is 1. The minimum Gasteiger partial charge on any atom is -0.492 e. The monoisotopic (exact) mass is 470 g/mol. The maximum Gasteiger partial charge on any atom is 0.271 e. The van der Waals surface area contributed by atoms with Crippen LogP contribution in [-0.4, -0.2) is 46.0 Å². The minimum absolute atomic E-state index is 0. The summed E-state index contributed by atoms with van der Waals surface area (Å²) in [6.45, 7) is 5.84. The van der Waals surface area contributed by atoms with E-state index in [0.717, 1.165) is 23.5 Å². The molecule has 3 aromatic rings. The first-order chi connectivity index (χ1) is 15.6. The highest BCUT2D eigenvalue weighted by molar-refractivity contribution is 5.85. The number of nitro benzene ring substituents is 1. The quantitative estimate of drug-likeness (QED) is 0.329. The van der Waals surface area contributed by atoms with Crippen LogP contribution in [0, 0.1) is 17.0 Å². The fourth-order valence-corrected chi connectivity index (χ4v) is 3.53. The summed E-state index contributed by atoms with van der Waals surface area (Å²) >= 11 is 0. The van der Waals surface area contributed by atoms with Crippen molar-refractivity contribution in [3.63, 3.8) is 0 Å². The van der Waals surface area contributed by atoms with Gasteiger partial charge in [-0.25, -0.2) is 4.98 Å². The van der Waals surface area contributed by atoms with Gasteiger partial charge < -0.3 is 15.4 Å². The lowest BCUT2D eigenvalue weighted by atomic mass is 10.2. The fraction of sp³-hybridized carbons (Fsp3) is 0.304. The molecule has 2 aromatic carbocycles. The molecule has 0 spiro atoms. The Kier molecular flexibility index (Phi) is 8.39. The molecule has 0 aliphatic carbocycles. The number of hydrogen-bond acceptors (Lipinski definition) is 8. The van der Waals surface area contributed by atoms with Crippen LogP contribution in [0.2, 0.25) is 0 Å². The number of ether oxygens (including phenoxy) is 1. The van der Waals surface area contributed by atoms with E-state index >= 15 is 0 Å². The van der Waals surface area contributed by atoms with Gasteiger partial charge in [0.05, 0.1) is 4.92 Å². The molecule has 9 nitrogen and oxygen atoms in total. The van der Waals surface area contributed by atoms with Crippen LogP contribution in [0.15, 0.2) is 54.7 Å². The van der Waals surface area contributed by atoms with Gasteiger partial charge in [-0.3, -0.25) is 15.0 Å². The van der Waals surface area contributed by atoms with Crippen LogP contribution in [0.3, 0.4) is 0 Å². The van der Waals surface area contributed by atoms with Gasteiger partial charge in [0, 0.05) is 41.8 Å². The summed E-state index contributed by atoms with van der Waals surface area (Å²) in [5, 5.41) is 17.3. The van der Waals surface area contributed by atoms with Gasteiger partial charge in [-0.1, -0.05) is 6.07 Å². The molecule has 10 heteroatoms. The number of aromatic nitrogens is 2. The summed E-state index contributed by atoms with van der Waals surface area (Å²) in [5.74, 6) is 1.82. The van der Waals surface area contributed by atoms with Gasteiger partial charge in [0.25, 0.3) is 5.69 Å². The molecule has 2 heterocycles. The van der Waals surface area contributed by atoms with Gasteiger partial charge in [-0.2, -0.15) is 4.98 Å². The molecule has 174 valence electrons. The standard InChI is InChI=1S/C23H26N6O3.ClH/c1-17-16-24-23(27-22(17)25-19-5-4-6-20(15-19)29(30)31)26-18-7-9-21(10-8-18)32-14-13-28-11-2-3-12-28;/h4-10,15-16H,2-3,11-14H2,1H3,(H2,24,25,26,27);1H. The van der Waals surface area contributed by atoms with Crippen molar-refractivity contribution in [2.24, 2.45) is 0 Å². The van der Waals surface area contributed by atoms with Crippen molar-refractivity contribution in [2.45, 2.75) is 19.8 Å². The first-order valence-electron chi connectivity index (χ1n) is 10.6. The number of nitrogens with zero attached hydrogens (tertiary/aromatic N) is 4. The number of likely N-dealkylation sites (tertiary alicyclic amines) is 1. The van der Waals surface area contributed by atoms with Crippen molar-refractivity contribution < 1.29 is 9.66 Å². The van der Waals surface area contributed by atoms with E-state index in [-0.39, 0.29) is 18.1 Å². The first-order valence-corrected chi connectivity index (χ1v) is 10.6. The van der Waals surface area contributed by atoms with Crippen molar-refractivity contribution in [1.29, 1.82) is 0 Å². The minimum atomic E-state index is -0.426. The van der Waals surface area contributed by atoms with Crippen LogP contribution >= 0.6 is 12.4 Å². The zero-order valence-corrected chi connectivity index (χ0v) is 19.2. The van der Waals surface area contributed by atoms with Crippen LogP contribution in [0.25, 0.3) is 0 Å². The summed E-state index contributed by atoms with van der Waals surface area (Å²) < 4.78 is 5.84. The molecular formula is C23H27ClN6O3. The van der Waals surface area contributed by atoms with Crippen molar-refractivity contribution in [3.05, 3.63) is 70.4 Å². The maximum atomic E-state index is 11.0. The van der Waals surface area contributed by atoms with Crippen LogP contribution in [-0.2, 0) is 0 Å². The van der Waals surface area contributed by atoms with E-state index in [1.54, 1.807) is 18.3 Å². The summed E-state index contributed by atoms with van der Waals surface area (Å²) in [4.78, 5) is 21.8. The van der Waals surface area contributed by atoms with E-state index in [2.05, 4.69) is 25.5 Å². The molecule has 0 bridgehead atoms. The van der Waals surface area contributed by atoms with Gasteiger partial charge in [-0.15, -0.1) is 12.4 Å². The molecule has 0 saturated carbocycles. The lowest BCUT2D eigenvalue weighted by Crippen LogP contribution is -2.25. The number of benzene rings is 2. The van der Waals surface area contributed by atoms with Crippen molar-refractivity contribution in [1.82, 2.24) is 14.9 Å². The zero-order valence-electron chi connectivity index (χ0n) is 18.4. The van der Waals surface area contributed by atoms with Gasteiger partial charge >= 0.3 is 0 Å². The lowest BCUT2D eigenvalue weighted by molar-refractivity contribution is -0.384. The molecule has 1 aromatic heterocycles. The molecule has 4 rings (SSSR count). The second kappa shape index (κ2) is 11.4. The number of anilines is 4. The van der Waals surface area contributed by atoms with Gasteiger partial charge in [0.15, 0.2) is 0 Å². The van der Waals surface area contributed by atoms with Gasteiger partial charge in [0.1, 0.15) is 18.2 Å². The number of hydrogen-bond donors (Lipinski definition) is 2.